The lowest BCUT2D eigenvalue weighted by molar-refractivity contribution is 0.0926. The largest absolute Gasteiger partial charge is 0.494 e. The van der Waals surface area contributed by atoms with Gasteiger partial charge >= 0.3 is 0 Å². The molecule has 0 aliphatic carbocycles. The molecule has 96 valence electrons. The van der Waals surface area contributed by atoms with E-state index in [-0.39, 0.29) is 0 Å². The summed E-state index contributed by atoms with van der Waals surface area (Å²) in [7, 11) is 0. The number of nitrogens with two attached hydrogens (primary N) is 1. The van der Waals surface area contributed by atoms with Crippen molar-refractivity contribution in [3.05, 3.63) is 24.3 Å². The third kappa shape index (κ3) is 6.17. The first-order valence-corrected chi connectivity index (χ1v) is 6.28. The molecule has 1 unspecified atom stereocenters. The van der Waals surface area contributed by atoms with Crippen LogP contribution >= 0.6 is 0 Å². The summed E-state index contributed by atoms with van der Waals surface area (Å²) in [6.45, 7) is 6.67. The Hall–Kier alpha value is -1.22. The van der Waals surface area contributed by atoms with Crippen molar-refractivity contribution in [3.63, 3.8) is 0 Å². The number of anilines is 1. The lowest BCUT2D eigenvalue weighted by atomic mass is 10.1. The maximum absolute atomic E-state index is 5.59. The summed E-state index contributed by atoms with van der Waals surface area (Å²) in [5.74, 6) is 1.51. The molecular weight excluding hydrogens is 214 g/mol. The molecular formula is C14H23NO2. The SMILES string of the molecule is CCC(C)COCCCOc1ccc(N)cc1. The van der Waals surface area contributed by atoms with Crippen molar-refractivity contribution in [2.45, 2.75) is 26.7 Å². The van der Waals surface area contributed by atoms with Gasteiger partial charge in [0.25, 0.3) is 0 Å². The van der Waals surface area contributed by atoms with Crippen LogP contribution in [0.25, 0.3) is 0 Å². The van der Waals surface area contributed by atoms with Crippen LogP contribution in [0, 0.1) is 5.92 Å². The molecule has 0 spiro atoms. The van der Waals surface area contributed by atoms with Crippen LogP contribution in [0.1, 0.15) is 26.7 Å². The van der Waals surface area contributed by atoms with Crippen molar-refractivity contribution in [2.75, 3.05) is 25.6 Å². The molecule has 17 heavy (non-hydrogen) atoms. The zero-order valence-electron chi connectivity index (χ0n) is 10.8. The molecule has 1 atom stereocenters. The molecule has 0 aromatic heterocycles. The Morgan fingerprint density at radius 2 is 1.88 bits per heavy atom. The van der Waals surface area contributed by atoms with Gasteiger partial charge in [-0.05, 0) is 30.2 Å². The van der Waals surface area contributed by atoms with Crippen molar-refractivity contribution >= 4 is 5.69 Å². The highest BCUT2D eigenvalue weighted by molar-refractivity contribution is 5.41. The standard InChI is InChI=1S/C14H23NO2/c1-3-12(2)11-16-9-4-10-17-14-7-5-13(15)6-8-14/h5-8,12H,3-4,9-11,15H2,1-2H3. The summed E-state index contributed by atoms with van der Waals surface area (Å²) in [5.41, 5.74) is 6.35. The molecule has 0 heterocycles. The normalized spacial score (nSPS) is 12.4. The first-order valence-electron chi connectivity index (χ1n) is 6.28. The van der Waals surface area contributed by atoms with Crippen LogP contribution in [0.5, 0.6) is 5.75 Å². The zero-order valence-corrected chi connectivity index (χ0v) is 10.8. The van der Waals surface area contributed by atoms with E-state index in [1.165, 1.54) is 6.42 Å². The van der Waals surface area contributed by atoms with Gasteiger partial charge in [0.1, 0.15) is 5.75 Å². The van der Waals surface area contributed by atoms with E-state index in [4.69, 9.17) is 15.2 Å². The summed E-state index contributed by atoms with van der Waals surface area (Å²) in [6.07, 6.45) is 2.09. The second kappa shape index (κ2) is 7.96. The van der Waals surface area contributed by atoms with Crippen molar-refractivity contribution in [1.82, 2.24) is 0 Å². The van der Waals surface area contributed by atoms with Gasteiger partial charge in [-0.2, -0.15) is 0 Å². The minimum atomic E-state index is 0.646. The van der Waals surface area contributed by atoms with Gasteiger partial charge in [0.2, 0.25) is 0 Å². The lowest BCUT2D eigenvalue weighted by Crippen LogP contribution is -2.08. The Kier molecular flexibility index (Phi) is 6.48. The van der Waals surface area contributed by atoms with Crippen LogP contribution in [-0.4, -0.2) is 19.8 Å². The van der Waals surface area contributed by atoms with Crippen molar-refractivity contribution in [2.24, 2.45) is 5.92 Å². The molecule has 2 N–H and O–H groups in total. The fourth-order valence-corrected chi connectivity index (χ4v) is 1.32. The number of nitrogen functional groups attached to an aromatic ring is 1. The third-order valence-electron chi connectivity index (χ3n) is 2.68. The first-order chi connectivity index (χ1) is 8.22. The van der Waals surface area contributed by atoms with E-state index >= 15 is 0 Å². The van der Waals surface area contributed by atoms with E-state index in [0.29, 0.717) is 12.5 Å². The van der Waals surface area contributed by atoms with Gasteiger partial charge in [0.05, 0.1) is 6.61 Å². The summed E-state index contributed by atoms with van der Waals surface area (Å²) in [4.78, 5) is 0. The molecule has 0 fully saturated rings. The molecule has 3 nitrogen and oxygen atoms in total. The van der Waals surface area contributed by atoms with Gasteiger partial charge in [-0.1, -0.05) is 20.3 Å². The summed E-state index contributed by atoms with van der Waals surface area (Å²) >= 11 is 0. The van der Waals surface area contributed by atoms with Crippen LogP contribution in [-0.2, 0) is 4.74 Å². The smallest absolute Gasteiger partial charge is 0.119 e. The molecule has 0 saturated heterocycles. The van der Waals surface area contributed by atoms with E-state index in [2.05, 4.69) is 13.8 Å². The fourth-order valence-electron chi connectivity index (χ4n) is 1.32. The van der Waals surface area contributed by atoms with Crippen molar-refractivity contribution in [3.8, 4) is 5.75 Å². The van der Waals surface area contributed by atoms with E-state index in [0.717, 1.165) is 31.1 Å². The molecule has 1 aromatic rings. The van der Waals surface area contributed by atoms with Gasteiger partial charge in [0.15, 0.2) is 0 Å². The maximum atomic E-state index is 5.59. The second-order valence-electron chi connectivity index (χ2n) is 4.36. The highest BCUT2D eigenvalue weighted by Crippen LogP contribution is 2.13. The van der Waals surface area contributed by atoms with Gasteiger partial charge in [-0.15, -0.1) is 0 Å². The Balaban J connectivity index is 2.02. The molecule has 0 bridgehead atoms. The third-order valence-corrected chi connectivity index (χ3v) is 2.68. The van der Waals surface area contributed by atoms with Crippen LogP contribution < -0.4 is 10.5 Å². The summed E-state index contributed by atoms with van der Waals surface area (Å²) in [6, 6.07) is 7.45. The Labute approximate surface area is 104 Å². The average molecular weight is 237 g/mol. The lowest BCUT2D eigenvalue weighted by Gasteiger charge is -2.10. The van der Waals surface area contributed by atoms with Gasteiger partial charge in [-0.25, -0.2) is 0 Å². The molecule has 0 amide bonds. The van der Waals surface area contributed by atoms with Crippen molar-refractivity contribution < 1.29 is 9.47 Å². The van der Waals surface area contributed by atoms with E-state index in [1.54, 1.807) is 0 Å². The quantitative estimate of drug-likeness (QED) is 0.558. The van der Waals surface area contributed by atoms with E-state index < -0.39 is 0 Å². The number of rotatable bonds is 8. The van der Waals surface area contributed by atoms with Gasteiger partial charge < -0.3 is 15.2 Å². The van der Waals surface area contributed by atoms with Crippen LogP contribution in [0.4, 0.5) is 5.69 Å². The number of ether oxygens (including phenoxy) is 2. The Morgan fingerprint density at radius 1 is 1.18 bits per heavy atom. The minimum Gasteiger partial charge on any atom is -0.494 e. The first kappa shape index (κ1) is 13.8. The molecule has 0 radical (unpaired) electrons. The van der Waals surface area contributed by atoms with Gasteiger partial charge in [-0.3, -0.25) is 0 Å². The molecule has 1 rings (SSSR count). The Bertz CT molecular complexity index is 298. The maximum Gasteiger partial charge on any atom is 0.119 e. The molecule has 3 heteroatoms. The second-order valence-corrected chi connectivity index (χ2v) is 4.36. The average Bonchev–Trinajstić information content (AvgIpc) is 2.35. The number of benzene rings is 1. The zero-order chi connectivity index (χ0) is 12.5. The summed E-state index contributed by atoms with van der Waals surface area (Å²) in [5, 5.41) is 0. The molecule has 0 aliphatic rings. The van der Waals surface area contributed by atoms with Crippen LogP contribution in [0.15, 0.2) is 24.3 Å². The highest BCUT2D eigenvalue weighted by Gasteiger charge is 1.98. The topological polar surface area (TPSA) is 44.5 Å². The number of hydrogen-bond donors (Lipinski definition) is 1. The molecule has 0 aliphatic heterocycles. The van der Waals surface area contributed by atoms with Gasteiger partial charge in [0, 0.05) is 25.3 Å². The van der Waals surface area contributed by atoms with E-state index in [9.17, 15) is 0 Å². The molecule has 1 aromatic carbocycles. The minimum absolute atomic E-state index is 0.646. The number of hydrogen-bond acceptors (Lipinski definition) is 3. The van der Waals surface area contributed by atoms with Crippen LogP contribution in [0.3, 0.4) is 0 Å². The van der Waals surface area contributed by atoms with Crippen molar-refractivity contribution in [1.29, 1.82) is 0 Å². The predicted molar refractivity (Wildman–Crippen MR) is 71.2 cm³/mol. The van der Waals surface area contributed by atoms with Crippen LogP contribution in [0.2, 0.25) is 0 Å². The molecule has 0 saturated carbocycles. The van der Waals surface area contributed by atoms with E-state index in [1.807, 2.05) is 24.3 Å². The predicted octanol–water partition coefficient (Wildman–Crippen LogP) is 3.10. The fraction of sp³-hybridized carbons (Fsp3) is 0.571. The summed E-state index contributed by atoms with van der Waals surface area (Å²) < 4.78 is 11.1. The Morgan fingerprint density at radius 3 is 2.53 bits per heavy atom. The highest BCUT2D eigenvalue weighted by atomic mass is 16.5. The monoisotopic (exact) mass is 237 g/mol.